The Bertz CT molecular complexity index is 574. The molecule has 2 N–H and O–H groups in total. The van der Waals surface area contributed by atoms with Crippen molar-refractivity contribution in [1.29, 1.82) is 0 Å². The molecule has 2 rings (SSSR count). The first-order valence-corrected chi connectivity index (χ1v) is 8.33. The number of hydrazine groups is 3. The Morgan fingerprint density at radius 3 is 2.54 bits per heavy atom. The second-order valence-electron chi connectivity index (χ2n) is 5.28. The molecule has 8 heteroatoms. The lowest BCUT2D eigenvalue weighted by molar-refractivity contribution is -0.138. The Morgan fingerprint density at radius 1 is 1.29 bits per heavy atom. The monoisotopic (exact) mass is 353 g/mol. The van der Waals surface area contributed by atoms with Crippen LogP contribution < -0.4 is 11.0 Å². The van der Waals surface area contributed by atoms with E-state index in [-0.39, 0.29) is 0 Å². The summed E-state index contributed by atoms with van der Waals surface area (Å²) in [6.07, 6.45) is 1.73. The van der Waals surface area contributed by atoms with Gasteiger partial charge in [0.05, 0.1) is 19.0 Å². The molecule has 24 heavy (non-hydrogen) atoms. The number of rotatable bonds is 8. The predicted octanol–water partition coefficient (Wildman–Crippen LogP) is 2.06. The number of benzene rings is 1. The van der Waals surface area contributed by atoms with Gasteiger partial charge >= 0.3 is 5.97 Å². The first kappa shape index (κ1) is 18.4. The number of nitrogens with one attached hydrogen (secondary N) is 2. The normalized spacial score (nSPS) is 14.1. The summed E-state index contributed by atoms with van der Waals surface area (Å²) in [5.74, 6) is -0.422. The molecule has 0 bridgehead atoms. The van der Waals surface area contributed by atoms with E-state index in [1.165, 1.54) is 12.2 Å². The lowest BCUT2D eigenvalue weighted by Crippen LogP contribution is -2.46. The van der Waals surface area contributed by atoms with E-state index < -0.39 is 5.97 Å². The summed E-state index contributed by atoms with van der Waals surface area (Å²) in [5.41, 5.74) is 7.42. The number of esters is 1. The van der Waals surface area contributed by atoms with Crippen molar-refractivity contribution in [3.05, 3.63) is 41.2 Å². The van der Waals surface area contributed by atoms with E-state index in [2.05, 4.69) is 29.7 Å². The quantitative estimate of drug-likeness (QED) is 0.694. The molecule has 1 aromatic rings. The van der Waals surface area contributed by atoms with Crippen LogP contribution in [0.5, 0.6) is 0 Å². The number of ether oxygens (including phenoxy) is 1. The first-order valence-electron chi connectivity index (χ1n) is 7.95. The minimum Gasteiger partial charge on any atom is -0.464 e. The molecule has 0 spiro atoms. The van der Waals surface area contributed by atoms with Gasteiger partial charge in [0.15, 0.2) is 5.70 Å². The molecule has 0 saturated carbocycles. The Kier molecular flexibility index (Phi) is 6.72. The first-order chi connectivity index (χ1) is 11.6. The number of hydrogen-bond donors (Lipinski definition) is 2. The minimum atomic E-state index is -0.422. The van der Waals surface area contributed by atoms with Gasteiger partial charge in [-0.2, -0.15) is 5.12 Å². The number of methoxy groups -OCH3 is 1. The summed E-state index contributed by atoms with van der Waals surface area (Å²) >= 11 is 5.90. The topological polar surface area (TPSA) is 60.1 Å². The fourth-order valence-corrected chi connectivity index (χ4v) is 2.43. The van der Waals surface area contributed by atoms with Crippen LogP contribution in [-0.4, -0.2) is 54.3 Å². The van der Waals surface area contributed by atoms with Crippen LogP contribution in [0.25, 0.3) is 0 Å². The SMILES string of the molecule is CCN(CC)CCN1C=C(C(=O)OC)N(Nc2ccc(Cl)cc2)N1. The molecular weight excluding hydrogens is 330 g/mol. The molecule has 0 aliphatic carbocycles. The van der Waals surface area contributed by atoms with Crippen LogP contribution in [-0.2, 0) is 9.53 Å². The largest absolute Gasteiger partial charge is 0.464 e. The average Bonchev–Trinajstić information content (AvgIpc) is 3.00. The molecule has 0 saturated heterocycles. The number of halogens is 1. The standard InChI is InChI=1S/C16H24ClN5O2/c1-4-20(5-2)10-11-21-12-15(16(23)24-3)22(19-21)18-14-8-6-13(17)7-9-14/h6-9,12,18-19H,4-5,10-11H2,1-3H3. The van der Waals surface area contributed by atoms with Gasteiger partial charge < -0.3 is 9.64 Å². The van der Waals surface area contributed by atoms with Crippen LogP contribution in [0, 0.1) is 0 Å². The van der Waals surface area contributed by atoms with Gasteiger partial charge in [0.1, 0.15) is 0 Å². The van der Waals surface area contributed by atoms with Crippen LogP contribution in [0.4, 0.5) is 5.69 Å². The van der Waals surface area contributed by atoms with Gasteiger partial charge in [0.25, 0.3) is 0 Å². The Labute approximate surface area is 147 Å². The number of nitrogens with zero attached hydrogens (tertiary/aromatic N) is 3. The van der Waals surface area contributed by atoms with Crippen LogP contribution in [0.1, 0.15) is 13.8 Å². The summed E-state index contributed by atoms with van der Waals surface area (Å²) in [4.78, 5) is 14.3. The predicted molar refractivity (Wildman–Crippen MR) is 94.6 cm³/mol. The van der Waals surface area contributed by atoms with Crippen molar-refractivity contribution in [2.24, 2.45) is 0 Å². The minimum absolute atomic E-state index is 0.381. The van der Waals surface area contributed by atoms with Crippen molar-refractivity contribution in [2.45, 2.75) is 13.8 Å². The lowest BCUT2D eigenvalue weighted by atomic mass is 10.3. The number of hydrogen-bond acceptors (Lipinski definition) is 7. The summed E-state index contributed by atoms with van der Waals surface area (Å²) in [6.45, 7) is 7.87. The molecule has 0 unspecified atom stereocenters. The number of carbonyl (C=O) groups is 1. The van der Waals surface area contributed by atoms with Crippen LogP contribution >= 0.6 is 11.6 Å². The van der Waals surface area contributed by atoms with Crippen molar-refractivity contribution in [2.75, 3.05) is 38.7 Å². The lowest BCUT2D eigenvalue weighted by Gasteiger charge is -2.26. The molecule has 132 valence electrons. The van der Waals surface area contributed by atoms with Crippen LogP contribution in [0.15, 0.2) is 36.2 Å². The van der Waals surface area contributed by atoms with E-state index in [0.29, 0.717) is 10.7 Å². The maximum absolute atomic E-state index is 12.0. The molecule has 1 aromatic carbocycles. The molecule has 0 radical (unpaired) electrons. The van der Waals surface area contributed by atoms with Crippen molar-refractivity contribution in [1.82, 2.24) is 20.6 Å². The molecule has 0 fully saturated rings. The fourth-order valence-electron chi connectivity index (χ4n) is 2.31. The number of likely N-dealkylation sites (N-methyl/N-ethyl adjacent to an activating group) is 1. The Hall–Kier alpha value is -1.96. The average molecular weight is 354 g/mol. The smallest absolute Gasteiger partial charge is 0.359 e. The highest BCUT2D eigenvalue weighted by Gasteiger charge is 2.27. The van der Waals surface area contributed by atoms with Crippen molar-refractivity contribution >= 4 is 23.3 Å². The van der Waals surface area contributed by atoms with E-state index in [9.17, 15) is 4.79 Å². The fraction of sp³-hybridized carbons (Fsp3) is 0.438. The Balaban J connectivity index is 2.03. The van der Waals surface area contributed by atoms with Crippen molar-refractivity contribution in [3.8, 4) is 0 Å². The van der Waals surface area contributed by atoms with Crippen molar-refractivity contribution in [3.63, 3.8) is 0 Å². The van der Waals surface area contributed by atoms with Gasteiger partial charge in [0.2, 0.25) is 0 Å². The molecule has 0 amide bonds. The van der Waals surface area contributed by atoms with Crippen LogP contribution in [0.3, 0.4) is 0 Å². The van der Waals surface area contributed by atoms with Gasteiger partial charge in [-0.25, -0.2) is 4.79 Å². The van der Waals surface area contributed by atoms with E-state index in [4.69, 9.17) is 16.3 Å². The maximum atomic E-state index is 12.0. The van der Waals surface area contributed by atoms with E-state index in [1.807, 2.05) is 17.1 Å². The zero-order valence-electron chi connectivity index (χ0n) is 14.3. The molecule has 0 atom stereocenters. The summed E-state index contributed by atoms with van der Waals surface area (Å²) in [7, 11) is 1.36. The van der Waals surface area contributed by atoms with Crippen LogP contribution in [0.2, 0.25) is 5.02 Å². The zero-order chi connectivity index (χ0) is 17.5. The summed E-state index contributed by atoms with van der Waals surface area (Å²) in [5, 5.41) is 4.05. The molecular formula is C16H24ClN5O2. The number of carbonyl (C=O) groups excluding carboxylic acids is 1. The second kappa shape index (κ2) is 8.77. The van der Waals surface area contributed by atoms with Gasteiger partial charge in [-0.15, -0.1) is 5.53 Å². The third-order valence-corrected chi connectivity index (χ3v) is 4.03. The second-order valence-corrected chi connectivity index (χ2v) is 5.72. The highest BCUT2D eigenvalue weighted by Crippen LogP contribution is 2.18. The molecule has 0 aromatic heterocycles. The molecule has 1 aliphatic heterocycles. The number of anilines is 1. The summed E-state index contributed by atoms with van der Waals surface area (Å²) in [6, 6.07) is 7.22. The highest BCUT2D eigenvalue weighted by atomic mass is 35.5. The molecule has 1 aliphatic rings. The Morgan fingerprint density at radius 2 is 1.96 bits per heavy atom. The molecule has 1 heterocycles. The van der Waals surface area contributed by atoms with E-state index in [1.54, 1.807) is 18.3 Å². The van der Waals surface area contributed by atoms with Gasteiger partial charge in [-0.3, -0.25) is 10.4 Å². The third kappa shape index (κ3) is 4.77. The van der Waals surface area contributed by atoms with Gasteiger partial charge in [0, 0.05) is 18.1 Å². The zero-order valence-corrected chi connectivity index (χ0v) is 15.0. The van der Waals surface area contributed by atoms with E-state index in [0.717, 1.165) is 31.9 Å². The highest BCUT2D eigenvalue weighted by molar-refractivity contribution is 6.30. The summed E-state index contributed by atoms with van der Waals surface area (Å²) < 4.78 is 4.85. The maximum Gasteiger partial charge on any atom is 0.359 e. The van der Waals surface area contributed by atoms with E-state index >= 15 is 0 Å². The van der Waals surface area contributed by atoms with Gasteiger partial charge in [-0.1, -0.05) is 25.4 Å². The molecule has 7 nitrogen and oxygen atoms in total. The van der Waals surface area contributed by atoms with Gasteiger partial charge in [-0.05, 0) is 37.4 Å². The van der Waals surface area contributed by atoms with Crippen molar-refractivity contribution < 1.29 is 9.53 Å². The third-order valence-electron chi connectivity index (χ3n) is 3.78.